The molecule has 0 amide bonds. The average molecular weight is 333 g/mol. The number of aliphatic hydroxyl groups excluding tert-OH is 1. The molecule has 0 fully saturated rings. The molecule has 0 saturated carbocycles. The highest BCUT2D eigenvalue weighted by Crippen LogP contribution is 2.28. The maximum absolute atomic E-state index is 13.3. The number of benzene rings is 1. The fraction of sp³-hybridized carbons (Fsp3) is 0.600. The first-order valence-electron chi connectivity index (χ1n) is 6.74. The monoisotopic (exact) mass is 332 g/mol. The summed E-state index contributed by atoms with van der Waals surface area (Å²) in [6.07, 6.45) is 1.21. The van der Waals surface area contributed by atoms with E-state index >= 15 is 0 Å². The molecule has 1 aromatic carbocycles. The van der Waals surface area contributed by atoms with Gasteiger partial charge in [-0.3, -0.25) is 0 Å². The third-order valence-electron chi connectivity index (χ3n) is 3.59. The van der Waals surface area contributed by atoms with Crippen LogP contribution in [0.4, 0.5) is 4.39 Å². The summed E-state index contributed by atoms with van der Waals surface area (Å²) < 4.78 is 19.8. The van der Waals surface area contributed by atoms with Crippen LogP contribution in [0.1, 0.15) is 39.2 Å². The first-order chi connectivity index (χ1) is 8.97. The van der Waals surface area contributed by atoms with Crippen molar-refractivity contribution in [1.29, 1.82) is 0 Å². The van der Waals surface area contributed by atoms with E-state index in [0.29, 0.717) is 17.5 Å². The van der Waals surface area contributed by atoms with Crippen molar-refractivity contribution in [2.75, 3.05) is 6.61 Å². The summed E-state index contributed by atoms with van der Waals surface area (Å²) in [5.74, 6) is -0.299. The molecule has 4 heteroatoms. The Hall–Kier alpha value is -0.450. The van der Waals surface area contributed by atoms with E-state index in [9.17, 15) is 9.50 Å². The van der Waals surface area contributed by atoms with E-state index in [4.69, 9.17) is 4.74 Å². The van der Waals surface area contributed by atoms with Crippen LogP contribution in [0.5, 0.6) is 0 Å². The quantitative estimate of drug-likeness (QED) is 0.814. The Bertz CT molecular complexity index is 385. The molecule has 19 heavy (non-hydrogen) atoms. The zero-order valence-electron chi connectivity index (χ0n) is 11.7. The second kappa shape index (κ2) is 7.36. The summed E-state index contributed by atoms with van der Waals surface area (Å²) in [5, 5.41) is 10.5. The van der Waals surface area contributed by atoms with Crippen LogP contribution in [0.2, 0.25) is 0 Å². The number of ether oxygens (including phenoxy) is 1. The Morgan fingerprint density at radius 2 is 1.89 bits per heavy atom. The van der Waals surface area contributed by atoms with Crippen molar-refractivity contribution in [3.05, 3.63) is 34.1 Å². The van der Waals surface area contributed by atoms with Gasteiger partial charge in [0.1, 0.15) is 5.82 Å². The Labute approximate surface area is 123 Å². The lowest BCUT2D eigenvalue weighted by atomic mass is 9.86. The van der Waals surface area contributed by atoms with Gasteiger partial charge >= 0.3 is 0 Å². The van der Waals surface area contributed by atoms with Crippen molar-refractivity contribution in [3.8, 4) is 0 Å². The highest BCUT2D eigenvalue weighted by atomic mass is 79.9. The predicted octanol–water partition coefficient (Wildman–Crippen LogP) is 4.09. The molecule has 1 atom stereocenters. The Balaban J connectivity index is 2.89. The highest BCUT2D eigenvalue weighted by Gasteiger charge is 2.35. The third-order valence-corrected chi connectivity index (χ3v) is 4.05. The minimum absolute atomic E-state index is 0.299. The van der Waals surface area contributed by atoms with Crippen LogP contribution in [0.3, 0.4) is 0 Å². The average Bonchev–Trinajstić information content (AvgIpc) is 2.34. The maximum atomic E-state index is 13.3. The lowest BCUT2D eigenvalue weighted by molar-refractivity contribution is -0.124. The van der Waals surface area contributed by atoms with Crippen LogP contribution in [0.15, 0.2) is 22.7 Å². The molecule has 0 aromatic heterocycles. The van der Waals surface area contributed by atoms with Gasteiger partial charge in [-0.15, -0.1) is 0 Å². The smallest absolute Gasteiger partial charge is 0.124 e. The molecule has 108 valence electrons. The lowest BCUT2D eigenvalue weighted by Gasteiger charge is -2.36. The summed E-state index contributed by atoms with van der Waals surface area (Å²) in [6.45, 7) is 6.49. The molecule has 0 aliphatic heterocycles. The molecular formula is C15H22BrFO2. The fourth-order valence-corrected chi connectivity index (χ4v) is 2.96. The fourth-order valence-electron chi connectivity index (χ4n) is 2.45. The lowest BCUT2D eigenvalue weighted by Crippen LogP contribution is -2.45. The van der Waals surface area contributed by atoms with Crippen molar-refractivity contribution >= 4 is 15.9 Å². The molecule has 1 aromatic rings. The zero-order chi connectivity index (χ0) is 14.5. The van der Waals surface area contributed by atoms with E-state index in [1.807, 2.05) is 26.8 Å². The summed E-state index contributed by atoms with van der Waals surface area (Å²) in [4.78, 5) is 0. The SMILES string of the molecule is CCOC(CC)(CC)C(O)Cc1cc(F)cc(Br)c1. The molecule has 1 N–H and O–H groups in total. The summed E-state index contributed by atoms with van der Waals surface area (Å²) in [7, 11) is 0. The van der Waals surface area contributed by atoms with Gasteiger partial charge in [-0.2, -0.15) is 0 Å². The van der Waals surface area contributed by atoms with Gasteiger partial charge < -0.3 is 9.84 Å². The molecule has 0 spiro atoms. The number of hydrogen-bond acceptors (Lipinski definition) is 2. The predicted molar refractivity (Wildman–Crippen MR) is 78.7 cm³/mol. The van der Waals surface area contributed by atoms with Gasteiger partial charge in [-0.25, -0.2) is 4.39 Å². The minimum Gasteiger partial charge on any atom is -0.390 e. The van der Waals surface area contributed by atoms with Gasteiger partial charge in [0.15, 0.2) is 0 Å². The van der Waals surface area contributed by atoms with Gasteiger partial charge in [0.25, 0.3) is 0 Å². The Morgan fingerprint density at radius 3 is 2.37 bits per heavy atom. The number of aliphatic hydroxyl groups is 1. The maximum Gasteiger partial charge on any atom is 0.124 e. The Kier molecular flexibility index (Phi) is 6.43. The third kappa shape index (κ3) is 4.26. The minimum atomic E-state index is -0.642. The summed E-state index contributed by atoms with van der Waals surface area (Å²) >= 11 is 3.27. The van der Waals surface area contributed by atoms with E-state index in [1.165, 1.54) is 12.1 Å². The molecule has 0 radical (unpaired) electrons. The van der Waals surface area contributed by atoms with E-state index in [2.05, 4.69) is 15.9 Å². The zero-order valence-corrected chi connectivity index (χ0v) is 13.3. The molecule has 1 unspecified atom stereocenters. The highest BCUT2D eigenvalue weighted by molar-refractivity contribution is 9.10. The first-order valence-corrected chi connectivity index (χ1v) is 7.53. The van der Waals surface area contributed by atoms with Crippen LogP contribution in [0.25, 0.3) is 0 Å². The standard InChI is InChI=1S/C15H22BrFO2/c1-4-15(5-2,19-6-3)14(18)9-11-7-12(16)10-13(17)8-11/h7-8,10,14,18H,4-6,9H2,1-3H3. The second-order valence-electron chi connectivity index (χ2n) is 4.70. The van der Waals surface area contributed by atoms with Crippen molar-refractivity contribution in [1.82, 2.24) is 0 Å². The van der Waals surface area contributed by atoms with Crippen LogP contribution in [0, 0.1) is 5.82 Å². The van der Waals surface area contributed by atoms with Crippen molar-refractivity contribution in [2.45, 2.75) is 51.7 Å². The molecule has 0 aliphatic carbocycles. The van der Waals surface area contributed by atoms with Crippen molar-refractivity contribution in [2.24, 2.45) is 0 Å². The summed E-state index contributed by atoms with van der Waals surface area (Å²) in [5.41, 5.74) is 0.221. The van der Waals surface area contributed by atoms with Crippen LogP contribution >= 0.6 is 15.9 Å². The van der Waals surface area contributed by atoms with Crippen LogP contribution in [-0.2, 0) is 11.2 Å². The summed E-state index contributed by atoms with van der Waals surface area (Å²) in [6, 6.07) is 4.69. The number of hydrogen-bond donors (Lipinski definition) is 1. The largest absolute Gasteiger partial charge is 0.390 e. The van der Waals surface area contributed by atoms with Crippen molar-refractivity contribution < 1.29 is 14.2 Å². The van der Waals surface area contributed by atoms with Gasteiger partial charge in [-0.05, 0) is 43.5 Å². The number of halogens is 2. The van der Waals surface area contributed by atoms with Gasteiger partial charge in [0.2, 0.25) is 0 Å². The van der Waals surface area contributed by atoms with Crippen molar-refractivity contribution in [3.63, 3.8) is 0 Å². The molecule has 2 nitrogen and oxygen atoms in total. The van der Waals surface area contributed by atoms with Crippen LogP contribution in [-0.4, -0.2) is 23.4 Å². The normalized spacial score (nSPS) is 13.6. The first kappa shape index (κ1) is 16.6. The second-order valence-corrected chi connectivity index (χ2v) is 5.62. The van der Waals surface area contributed by atoms with Crippen LogP contribution < -0.4 is 0 Å². The molecule has 1 rings (SSSR count). The van der Waals surface area contributed by atoms with E-state index in [1.54, 1.807) is 0 Å². The molecule has 0 saturated heterocycles. The van der Waals surface area contributed by atoms with Gasteiger partial charge in [-0.1, -0.05) is 29.8 Å². The van der Waals surface area contributed by atoms with Gasteiger partial charge in [0.05, 0.1) is 11.7 Å². The molecule has 0 aliphatic rings. The van der Waals surface area contributed by atoms with E-state index in [0.717, 1.165) is 18.4 Å². The molecule has 0 heterocycles. The van der Waals surface area contributed by atoms with E-state index < -0.39 is 11.7 Å². The number of rotatable bonds is 7. The van der Waals surface area contributed by atoms with E-state index in [-0.39, 0.29) is 5.82 Å². The van der Waals surface area contributed by atoms with Gasteiger partial charge in [0, 0.05) is 17.5 Å². The Morgan fingerprint density at radius 1 is 1.26 bits per heavy atom. The topological polar surface area (TPSA) is 29.5 Å². The molecular weight excluding hydrogens is 311 g/mol. The molecule has 0 bridgehead atoms.